The minimum atomic E-state index is -0.781. The van der Waals surface area contributed by atoms with Gasteiger partial charge in [0.05, 0.1) is 5.56 Å². The predicted molar refractivity (Wildman–Crippen MR) is 135 cm³/mol. The highest BCUT2D eigenvalue weighted by Gasteiger charge is 2.36. The van der Waals surface area contributed by atoms with Crippen LogP contribution in [0.2, 0.25) is 0 Å². The molecule has 180 valence electrons. The van der Waals surface area contributed by atoms with Gasteiger partial charge >= 0.3 is 11.6 Å². The molecule has 1 N–H and O–H groups in total. The zero-order chi connectivity index (χ0) is 24.8. The zero-order valence-electron chi connectivity index (χ0n) is 21.1. The van der Waals surface area contributed by atoms with Crippen molar-refractivity contribution in [1.82, 2.24) is 0 Å². The van der Waals surface area contributed by atoms with E-state index in [9.17, 15) is 9.59 Å². The maximum absolute atomic E-state index is 13.0. The fourth-order valence-electron chi connectivity index (χ4n) is 5.69. The number of anilines is 1. The van der Waals surface area contributed by atoms with Crippen molar-refractivity contribution in [3.63, 3.8) is 0 Å². The molecular formula is C28H35N2O4+. The van der Waals surface area contributed by atoms with Gasteiger partial charge in [-0.05, 0) is 57.2 Å². The highest BCUT2D eigenvalue weighted by atomic mass is 16.4. The molecule has 0 radical (unpaired) electrons. The molecule has 0 amide bonds. The Labute approximate surface area is 200 Å². The lowest BCUT2D eigenvalue weighted by atomic mass is 9.79. The van der Waals surface area contributed by atoms with Crippen LogP contribution < -0.4 is 15.1 Å². The van der Waals surface area contributed by atoms with Crippen molar-refractivity contribution >= 4 is 22.6 Å². The summed E-state index contributed by atoms with van der Waals surface area (Å²) in [4.78, 5) is 26.4. The standard InChI is InChI=1S/C28H34N2O4/c1-7-29-18(3)11-20(12-19(29)4)23-14-21-13-22-17(2)16-28(5,6)30(10-8-9-26(31)32)24(22)15-25(21)34-27(23)33/h11-15,17H,7-10,16H2,1-6H3/p+1. The number of aryl methyl sites for hydroxylation is 2. The first-order chi connectivity index (χ1) is 16.0. The number of hydrogen-bond acceptors (Lipinski definition) is 4. The summed E-state index contributed by atoms with van der Waals surface area (Å²) in [7, 11) is 0. The van der Waals surface area contributed by atoms with Crippen LogP contribution >= 0.6 is 0 Å². The number of aliphatic carboxylic acids is 1. The Bertz CT molecular complexity index is 1300. The van der Waals surface area contributed by atoms with E-state index in [4.69, 9.17) is 9.52 Å². The molecule has 2 aromatic heterocycles. The van der Waals surface area contributed by atoms with Crippen LogP contribution in [0.4, 0.5) is 5.69 Å². The van der Waals surface area contributed by atoms with E-state index in [1.165, 1.54) is 5.56 Å². The number of benzene rings is 1. The van der Waals surface area contributed by atoms with Crippen molar-refractivity contribution in [2.75, 3.05) is 11.4 Å². The summed E-state index contributed by atoms with van der Waals surface area (Å²) in [5.74, 6) is -0.443. The van der Waals surface area contributed by atoms with Crippen molar-refractivity contribution in [3.05, 3.63) is 57.7 Å². The van der Waals surface area contributed by atoms with Crippen molar-refractivity contribution in [1.29, 1.82) is 0 Å². The molecule has 0 saturated carbocycles. The van der Waals surface area contributed by atoms with Gasteiger partial charge in [0.25, 0.3) is 0 Å². The quantitative estimate of drug-likeness (QED) is 0.394. The summed E-state index contributed by atoms with van der Waals surface area (Å²) in [6.07, 6.45) is 1.67. The first-order valence-electron chi connectivity index (χ1n) is 12.1. The van der Waals surface area contributed by atoms with Gasteiger partial charge in [0.1, 0.15) is 12.1 Å². The van der Waals surface area contributed by atoms with Crippen molar-refractivity contribution in [2.45, 2.75) is 78.8 Å². The molecule has 1 aliphatic rings. The Morgan fingerprint density at radius 1 is 1.18 bits per heavy atom. The Morgan fingerprint density at radius 2 is 1.85 bits per heavy atom. The Hall–Kier alpha value is -3.15. The number of carboxylic acids is 1. The van der Waals surface area contributed by atoms with E-state index in [1.54, 1.807) is 0 Å². The molecule has 34 heavy (non-hydrogen) atoms. The molecule has 0 fully saturated rings. The number of carboxylic acid groups (broad SMARTS) is 1. The molecule has 1 atom stereocenters. The maximum Gasteiger partial charge on any atom is 0.344 e. The summed E-state index contributed by atoms with van der Waals surface area (Å²) in [5.41, 5.74) is 6.01. The van der Waals surface area contributed by atoms with E-state index in [0.29, 0.717) is 30.0 Å². The second-order valence-electron chi connectivity index (χ2n) is 10.2. The third kappa shape index (κ3) is 4.33. The molecule has 1 aromatic carbocycles. The maximum atomic E-state index is 13.0. The topological polar surface area (TPSA) is 74.6 Å². The van der Waals surface area contributed by atoms with Crippen molar-refractivity contribution in [2.24, 2.45) is 0 Å². The van der Waals surface area contributed by atoms with Gasteiger partial charge in [0.2, 0.25) is 0 Å². The van der Waals surface area contributed by atoms with E-state index in [0.717, 1.165) is 41.0 Å². The average molecular weight is 464 g/mol. The van der Waals surface area contributed by atoms with E-state index < -0.39 is 5.97 Å². The van der Waals surface area contributed by atoms with Gasteiger partial charge in [-0.3, -0.25) is 4.79 Å². The zero-order valence-corrected chi connectivity index (χ0v) is 21.1. The fraction of sp³-hybridized carbons (Fsp3) is 0.464. The molecule has 4 rings (SSSR count). The molecule has 1 unspecified atom stereocenters. The number of nitrogens with zero attached hydrogens (tertiary/aromatic N) is 2. The predicted octanol–water partition coefficient (Wildman–Crippen LogP) is 5.34. The van der Waals surface area contributed by atoms with Gasteiger partial charge in [0, 0.05) is 67.2 Å². The van der Waals surface area contributed by atoms with Crippen LogP contribution in [0, 0.1) is 13.8 Å². The van der Waals surface area contributed by atoms with E-state index in [1.807, 2.05) is 24.3 Å². The van der Waals surface area contributed by atoms with Gasteiger partial charge in [-0.1, -0.05) is 6.92 Å². The van der Waals surface area contributed by atoms with Gasteiger partial charge in [-0.15, -0.1) is 0 Å². The fourth-order valence-corrected chi connectivity index (χ4v) is 5.69. The largest absolute Gasteiger partial charge is 0.481 e. The van der Waals surface area contributed by atoms with Gasteiger partial charge < -0.3 is 14.4 Å². The normalized spacial score (nSPS) is 17.1. The van der Waals surface area contributed by atoms with E-state index >= 15 is 0 Å². The minimum Gasteiger partial charge on any atom is -0.481 e. The van der Waals surface area contributed by atoms with Gasteiger partial charge in [-0.25, -0.2) is 9.36 Å². The highest BCUT2D eigenvalue weighted by molar-refractivity contribution is 5.87. The summed E-state index contributed by atoms with van der Waals surface area (Å²) >= 11 is 0. The summed E-state index contributed by atoms with van der Waals surface area (Å²) in [5, 5.41) is 10.0. The van der Waals surface area contributed by atoms with Crippen LogP contribution in [0.3, 0.4) is 0 Å². The van der Waals surface area contributed by atoms with Gasteiger partial charge in [0.15, 0.2) is 11.4 Å². The lowest BCUT2D eigenvalue weighted by Gasteiger charge is -2.47. The number of fused-ring (bicyclic) bond motifs is 2. The van der Waals surface area contributed by atoms with Gasteiger partial charge in [-0.2, -0.15) is 0 Å². The average Bonchev–Trinajstić information content (AvgIpc) is 2.73. The SMILES string of the molecule is CC[n+]1c(C)cc(-c2cc3cc4c(cc3oc2=O)N(CCCC(=O)O)C(C)(C)CC4C)cc1C. The number of rotatable bonds is 6. The lowest BCUT2D eigenvalue weighted by Crippen LogP contribution is -2.48. The monoisotopic (exact) mass is 463 g/mol. The van der Waals surface area contributed by atoms with Crippen LogP contribution in [0.1, 0.15) is 69.8 Å². The van der Waals surface area contributed by atoms with Crippen LogP contribution in [0.5, 0.6) is 0 Å². The molecule has 0 spiro atoms. The van der Waals surface area contributed by atoms with Crippen molar-refractivity contribution in [3.8, 4) is 11.1 Å². The Morgan fingerprint density at radius 3 is 2.47 bits per heavy atom. The summed E-state index contributed by atoms with van der Waals surface area (Å²) in [6.45, 7) is 14.4. The first kappa shape index (κ1) is 24.0. The molecule has 1 aliphatic heterocycles. The minimum absolute atomic E-state index is 0.118. The smallest absolute Gasteiger partial charge is 0.344 e. The second-order valence-corrected chi connectivity index (χ2v) is 10.2. The number of aromatic nitrogens is 1. The number of carbonyl (C=O) groups is 1. The molecular weight excluding hydrogens is 428 g/mol. The van der Waals surface area contributed by atoms with E-state index in [2.05, 4.69) is 57.1 Å². The molecule has 0 aliphatic carbocycles. The van der Waals surface area contributed by atoms with Crippen LogP contribution in [-0.2, 0) is 11.3 Å². The first-order valence-corrected chi connectivity index (χ1v) is 12.1. The lowest BCUT2D eigenvalue weighted by molar-refractivity contribution is -0.705. The Balaban J connectivity index is 1.82. The van der Waals surface area contributed by atoms with Crippen LogP contribution in [0.25, 0.3) is 22.1 Å². The number of hydrogen-bond donors (Lipinski definition) is 1. The van der Waals surface area contributed by atoms with Crippen LogP contribution in [0.15, 0.2) is 39.5 Å². The number of pyridine rings is 1. The molecule has 3 heterocycles. The van der Waals surface area contributed by atoms with Crippen LogP contribution in [-0.4, -0.2) is 23.2 Å². The van der Waals surface area contributed by atoms with Crippen molar-refractivity contribution < 1.29 is 18.9 Å². The third-order valence-corrected chi connectivity index (χ3v) is 7.22. The molecule has 6 nitrogen and oxygen atoms in total. The Kier molecular flexibility index (Phi) is 6.28. The second kappa shape index (κ2) is 8.90. The molecule has 0 saturated heterocycles. The summed E-state index contributed by atoms with van der Waals surface area (Å²) in [6, 6.07) is 10.2. The highest BCUT2D eigenvalue weighted by Crippen LogP contribution is 2.45. The molecule has 3 aromatic rings. The third-order valence-electron chi connectivity index (χ3n) is 7.22. The summed E-state index contributed by atoms with van der Waals surface area (Å²) < 4.78 is 8.07. The molecule has 6 heteroatoms. The van der Waals surface area contributed by atoms with E-state index in [-0.39, 0.29) is 17.6 Å². The molecule has 0 bridgehead atoms.